The van der Waals surface area contributed by atoms with E-state index < -0.39 is 12.0 Å². The van der Waals surface area contributed by atoms with Gasteiger partial charge in [0, 0.05) is 19.5 Å². The van der Waals surface area contributed by atoms with E-state index in [0.29, 0.717) is 12.1 Å². The molecule has 0 fully saturated rings. The lowest BCUT2D eigenvalue weighted by Gasteiger charge is -2.21. The lowest BCUT2D eigenvalue weighted by atomic mass is 10.1. The van der Waals surface area contributed by atoms with Crippen LogP contribution in [0.5, 0.6) is 0 Å². The molecule has 1 atom stereocenters. The van der Waals surface area contributed by atoms with Crippen molar-refractivity contribution in [2.75, 3.05) is 6.54 Å². The number of hydrogen-bond acceptors (Lipinski definition) is 3. The van der Waals surface area contributed by atoms with Crippen LogP contribution in [-0.4, -0.2) is 28.4 Å². The number of nitrogens with two attached hydrogens (primary N) is 1. The van der Waals surface area contributed by atoms with E-state index in [9.17, 15) is 14.7 Å². The molecule has 3 N–H and O–H groups in total. The summed E-state index contributed by atoms with van der Waals surface area (Å²) in [5.41, 5.74) is 6.92. The van der Waals surface area contributed by atoms with E-state index in [2.05, 4.69) is 0 Å². The quantitative estimate of drug-likeness (QED) is 0.797. The van der Waals surface area contributed by atoms with Gasteiger partial charge in [-0.1, -0.05) is 24.3 Å². The highest BCUT2D eigenvalue weighted by Gasteiger charge is 2.37. The van der Waals surface area contributed by atoms with Crippen LogP contribution in [0.25, 0.3) is 0 Å². The molecule has 0 saturated heterocycles. The Balaban J connectivity index is 2.33. The molecular weight excluding hydrogens is 220 g/mol. The smallest absolute Gasteiger partial charge is 0.331 e. The third-order valence-corrected chi connectivity index (χ3v) is 2.91. The SMILES string of the molecule is NCCC(=O)N1Cc2ccccc2C1C(=O)O. The lowest BCUT2D eigenvalue weighted by Crippen LogP contribution is -2.34. The molecule has 1 aliphatic heterocycles. The van der Waals surface area contributed by atoms with Gasteiger partial charge in [0.25, 0.3) is 0 Å². The summed E-state index contributed by atoms with van der Waals surface area (Å²) >= 11 is 0. The number of hydrogen-bond donors (Lipinski definition) is 2. The fourth-order valence-corrected chi connectivity index (χ4v) is 2.15. The van der Waals surface area contributed by atoms with Crippen molar-refractivity contribution in [3.63, 3.8) is 0 Å². The van der Waals surface area contributed by atoms with Crippen molar-refractivity contribution in [2.45, 2.75) is 19.0 Å². The number of amides is 1. The maximum absolute atomic E-state index is 11.8. The van der Waals surface area contributed by atoms with E-state index >= 15 is 0 Å². The van der Waals surface area contributed by atoms with Crippen LogP contribution in [0.3, 0.4) is 0 Å². The van der Waals surface area contributed by atoms with Gasteiger partial charge >= 0.3 is 5.97 Å². The topological polar surface area (TPSA) is 83.6 Å². The molecule has 1 heterocycles. The van der Waals surface area contributed by atoms with Crippen molar-refractivity contribution < 1.29 is 14.7 Å². The molecule has 0 aromatic heterocycles. The van der Waals surface area contributed by atoms with Gasteiger partial charge in [0.15, 0.2) is 6.04 Å². The Morgan fingerprint density at radius 2 is 2.12 bits per heavy atom. The van der Waals surface area contributed by atoms with Gasteiger partial charge in [-0.2, -0.15) is 0 Å². The first-order valence-electron chi connectivity index (χ1n) is 5.45. The molecule has 0 spiro atoms. The summed E-state index contributed by atoms with van der Waals surface area (Å²) in [6.45, 7) is 0.587. The second-order valence-corrected chi connectivity index (χ2v) is 4.00. The van der Waals surface area contributed by atoms with Crippen molar-refractivity contribution in [3.05, 3.63) is 35.4 Å². The lowest BCUT2D eigenvalue weighted by molar-refractivity contribution is -0.150. The molecule has 1 amide bonds. The molecule has 1 aromatic rings. The van der Waals surface area contributed by atoms with Crippen LogP contribution in [0.15, 0.2) is 24.3 Å². The molecule has 1 aliphatic rings. The highest BCUT2D eigenvalue weighted by molar-refractivity contribution is 5.86. The summed E-state index contributed by atoms with van der Waals surface area (Å²) in [6.07, 6.45) is 0.178. The van der Waals surface area contributed by atoms with Crippen molar-refractivity contribution in [2.24, 2.45) is 5.73 Å². The number of rotatable bonds is 3. The number of benzene rings is 1. The standard InChI is InChI=1S/C12H14N2O3/c13-6-5-10(15)14-7-8-3-1-2-4-9(8)11(14)12(16)17/h1-4,11H,5-7,13H2,(H,16,17). The fourth-order valence-electron chi connectivity index (χ4n) is 2.15. The molecule has 0 aliphatic carbocycles. The third-order valence-electron chi connectivity index (χ3n) is 2.91. The number of aliphatic carboxylic acids is 1. The van der Waals surface area contributed by atoms with Gasteiger partial charge in [-0.3, -0.25) is 4.79 Å². The van der Waals surface area contributed by atoms with E-state index in [4.69, 9.17) is 5.73 Å². The normalized spacial score (nSPS) is 17.9. The van der Waals surface area contributed by atoms with Gasteiger partial charge in [-0.25, -0.2) is 4.79 Å². The first-order chi connectivity index (χ1) is 8.15. The minimum absolute atomic E-state index is 0.178. The first kappa shape index (κ1) is 11.6. The number of carbonyl (C=O) groups excluding carboxylic acids is 1. The van der Waals surface area contributed by atoms with E-state index in [1.165, 1.54) is 4.90 Å². The van der Waals surface area contributed by atoms with Crippen LogP contribution in [0, 0.1) is 0 Å². The van der Waals surface area contributed by atoms with E-state index in [0.717, 1.165) is 5.56 Å². The van der Waals surface area contributed by atoms with E-state index in [1.807, 2.05) is 12.1 Å². The Hall–Kier alpha value is -1.88. The van der Waals surface area contributed by atoms with Gasteiger partial charge in [-0.05, 0) is 11.1 Å². The van der Waals surface area contributed by atoms with Crippen LogP contribution in [0.1, 0.15) is 23.6 Å². The summed E-state index contributed by atoms with van der Waals surface area (Å²) in [4.78, 5) is 24.4. The molecule has 0 bridgehead atoms. The fraction of sp³-hybridized carbons (Fsp3) is 0.333. The number of nitrogens with zero attached hydrogens (tertiary/aromatic N) is 1. The van der Waals surface area contributed by atoms with Gasteiger partial charge in [0.05, 0.1) is 0 Å². The zero-order valence-electron chi connectivity index (χ0n) is 9.30. The molecule has 5 heteroatoms. The summed E-state index contributed by atoms with van der Waals surface area (Å²) in [5, 5.41) is 9.22. The van der Waals surface area contributed by atoms with Gasteiger partial charge in [-0.15, -0.1) is 0 Å². The predicted molar refractivity (Wildman–Crippen MR) is 61.0 cm³/mol. The van der Waals surface area contributed by atoms with Crippen LogP contribution in [-0.2, 0) is 16.1 Å². The van der Waals surface area contributed by atoms with Crippen LogP contribution < -0.4 is 5.73 Å². The van der Waals surface area contributed by atoms with Crippen molar-refractivity contribution >= 4 is 11.9 Å². The third kappa shape index (κ3) is 2.01. The molecular formula is C12H14N2O3. The van der Waals surface area contributed by atoms with Crippen molar-refractivity contribution in [1.82, 2.24) is 4.90 Å². The number of carbonyl (C=O) groups is 2. The Labute approximate surface area is 98.8 Å². The van der Waals surface area contributed by atoms with Gasteiger partial charge in [0.2, 0.25) is 5.91 Å². The molecule has 90 valence electrons. The molecule has 2 rings (SSSR count). The molecule has 0 radical (unpaired) electrons. The number of carboxylic acid groups (broad SMARTS) is 1. The molecule has 0 saturated carbocycles. The zero-order chi connectivity index (χ0) is 12.4. The van der Waals surface area contributed by atoms with Crippen LogP contribution >= 0.6 is 0 Å². The largest absolute Gasteiger partial charge is 0.479 e. The average molecular weight is 234 g/mol. The minimum atomic E-state index is -1.000. The zero-order valence-corrected chi connectivity index (χ0v) is 9.30. The number of carboxylic acids is 1. The minimum Gasteiger partial charge on any atom is -0.479 e. The van der Waals surface area contributed by atoms with Crippen molar-refractivity contribution in [1.29, 1.82) is 0 Å². The highest BCUT2D eigenvalue weighted by Crippen LogP contribution is 2.33. The predicted octanol–water partition coefficient (Wildman–Crippen LogP) is 0.503. The summed E-state index contributed by atoms with van der Waals surface area (Å²) in [6, 6.07) is 6.36. The Morgan fingerprint density at radius 1 is 1.41 bits per heavy atom. The summed E-state index contributed by atoms with van der Waals surface area (Å²) in [5.74, 6) is -1.21. The van der Waals surface area contributed by atoms with Crippen LogP contribution in [0.4, 0.5) is 0 Å². The van der Waals surface area contributed by atoms with Crippen LogP contribution in [0.2, 0.25) is 0 Å². The maximum Gasteiger partial charge on any atom is 0.331 e. The summed E-state index contributed by atoms with van der Waals surface area (Å²) in [7, 11) is 0. The van der Waals surface area contributed by atoms with Gasteiger partial charge < -0.3 is 15.7 Å². The Bertz CT molecular complexity index is 459. The average Bonchev–Trinajstić information content (AvgIpc) is 2.68. The van der Waals surface area contributed by atoms with Gasteiger partial charge in [0.1, 0.15) is 0 Å². The highest BCUT2D eigenvalue weighted by atomic mass is 16.4. The second kappa shape index (κ2) is 4.55. The molecule has 1 unspecified atom stereocenters. The molecule has 1 aromatic carbocycles. The molecule has 17 heavy (non-hydrogen) atoms. The van der Waals surface area contributed by atoms with E-state index in [-0.39, 0.29) is 18.9 Å². The van der Waals surface area contributed by atoms with Crippen molar-refractivity contribution in [3.8, 4) is 0 Å². The molecule has 5 nitrogen and oxygen atoms in total. The Morgan fingerprint density at radius 3 is 2.76 bits per heavy atom. The Kier molecular flexibility index (Phi) is 3.10. The second-order valence-electron chi connectivity index (χ2n) is 4.00. The number of fused-ring (bicyclic) bond motifs is 1. The summed E-state index contributed by atoms with van der Waals surface area (Å²) < 4.78 is 0. The maximum atomic E-state index is 11.8. The van der Waals surface area contributed by atoms with E-state index in [1.54, 1.807) is 12.1 Å². The monoisotopic (exact) mass is 234 g/mol. The first-order valence-corrected chi connectivity index (χ1v) is 5.45.